The monoisotopic (exact) mass is 302 g/mol. The van der Waals surface area contributed by atoms with Crippen LogP contribution in [0.5, 0.6) is 5.75 Å². The highest BCUT2D eigenvalue weighted by Gasteiger charge is 2.30. The predicted octanol–water partition coefficient (Wildman–Crippen LogP) is 3.66. The van der Waals surface area contributed by atoms with Crippen LogP contribution in [-0.2, 0) is 16.0 Å². The Hall–Kier alpha value is -1.56. The van der Waals surface area contributed by atoms with Crippen LogP contribution in [0.4, 0.5) is 13.2 Å². The average molecular weight is 302 g/mol. The summed E-state index contributed by atoms with van der Waals surface area (Å²) < 4.78 is 45.3. The van der Waals surface area contributed by atoms with E-state index >= 15 is 0 Å². The molecule has 0 saturated carbocycles. The van der Waals surface area contributed by atoms with E-state index in [1.807, 2.05) is 0 Å². The first kappa shape index (κ1) is 15.8. The lowest BCUT2D eigenvalue weighted by molar-refractivity contribution is -0.274. The molecule has 2 rings (SSSR count). The maximum Gasteiger partial charge on any atom is 0.573 e. The van der Waals surface area contributed by atoms with E-state index in [-0.39, 0.29) is 24.1 Å². The Bertz CT molecular complexity index is 462. The van der Waals surface area contributed by atoms with Crippen LogP contribution >= 0.6 is 0 Å². The van der Waals surface area contributed by atoms with Crippen molar-refractivity contribution in [1.29, 1.82) is 0 Å². The second kappa shape index (κ2) is 6.93. The molecule has 0 aliphatic carbocycles. The molecule has 1 heterocycles. The molecule has 21 heavy (non-hydrogen) atoms. The van der Waals surface area contributed by atoms with Gasteiger partial charge in [-0.25, -0.2) is 0 Å². The smallest absolute Gasteiger partial charge is 0.406 e. The lowest BCUT2D eigenvalue weighted by Gasteiger charge is -2.10. The lowest BCUT2D eigenvalue weighted by Crippen LogP contribution is -2.17. The Kier molecular flexibility index (Phi) is 5.22. The molecule has 1 aliphatic rings. The number of halogens is 3. The number of ketones is 1. The molecule has 1 aliphatic heterocycles. The largest absolute Gasteiger partial charge is 0.573 e. The molecule has 0 N–H and O–H groups in total. The summed E-state index contributed by atoms with van der Waals surface area (Å²) in [7, 11) is 0. The van der Waals surface area contributed by atoms with E-state index in [4.69, 9.17) is 4.74 Å². The fourth-order valence-electron chi connectivity index (χ4n) is 2.32. The Morgan fingerprint density at radius 3 is 2.57 bits per heavy atom. The van der Waals surface area contributed by atoms with Crippen LogP contribution < -0.4 is 4.74 Å². The van der Waals surface area contributed by atoms with Gasteiger partial charge in [-0.2, -0.15) is 0 Å². The number of carbonyl (C=O) groups excluding carboxylic acids is 1. The zero-order chi connectivity index (χ0) is 15.3. The zero-order valence-electron chi connectivity index (χ0n) is 11.5. The van der Waals surface area contributed by atoms with Gasteiger partial charge in [0.15, 0.2) is 0 Å². The highest BCUT2D eigenvalue weighted by Crippen LogP contribution is 2.23. The molecular formula is C15H17F3O3. The number of Topliss-reactive ketones (excluding diaryl/α,β-unsaturated/α-hetero) is 1. The maximum absolute atomic E-state index is 12.0. The summed E-state index contributed by atoms with van der Waals surface area (Å²) in [5.41, 5.74) is 0.682. The molecule has 0 bridgehead atoms. The number of hydrogen-bond acceptors (Lipinski definition) is 3. The van der Waals surface area contributed by atoms with Gasteiger partial charge in [0, 0.05) is 19.4 Å². The normalized spacial score (nSPS) is 18.7. The van der Waals surface area contributed by atoms with Gasteiger partial charge in [0.1, 0.15) is 11.5 Å². The zero-order valence-corrected chi connectivity index (χ0v) is 11.5. The molecule has 6 heteroatoms. The second-order valence-electron chi connectivity index (χ2n) is 5.08. The van der Waals surface area contributed by atoms with E-state index in [2.05, 4.69) is 4.74 Å². The molecule has 0 amide bonds. The van der Waals surface area contributed by atoms with Gasteiger partial charge < -0.3 is 9.47 Å². The van der Waals surface area contributed by atoms with Crippen LogP contribution in [0.15, 0.2) is 24.3 Å². The third kappa shape index (κ3) is 5.75. The Morgan fingerprint density at radius 2 is 2.00 bits per heavy atom. The van der Waals surface area contributed by atoms with Crippen molar-refractivity contribution in [3.05, 3.63) is 29.8 Å². The number of benzene rings is 1. The SMILES string of the molecule is O=C(CCC1CCCO1)Cc1ccc(OC(F)(F)F)cc1. The highest BCUT2D eigenvalue weighted by atomic mass is 19.4. The fourth-order valence-corrected chi connectivity index (χ4v) is 2.32. The highest BCUT2D eigenvalue weighted by molar-refractivity contribution is 5.80. The molecule has 116 valence electrons. The molecule has 1 fully saturated rings. The average Bonchev–Trinajstić information content (AvgIpc) is 2.90. The first-order chi connectivity index (χ1) is 9.92. The molecular weight excluding hydrogens is 285 g/mol. The minimum Gasteiger partial charge on any atom is -0.406 e. The molecule has 0 radical (unpaired) electrons. The van der Waals surface area contributed by atoms with E-state index in [9.17, 15) is 18.0 Å². The summed E-state index contributed by atoms with van der Waals surface area (Å²) in [4.78, 5) is 11.8. The van der Waals surface area contributed by atoms with Gasteiger partial charge in [-0.1, -0.05) is 12.1 Å². The fraction of sp³-hybridized carbons (Fsp3) is 0.533. The molecule has 1 atom stereocenters. The van der Waals surface area contributed by atoms with E-state index in [0.717, 1.165) is 19.4 Å². The minimum absolute atomic E-state index is 0.0648. The van der Waals surface area contributed by atoms with Crippen LogP contribution in [0.25, 0.3) is 0 Å². The first-order valence-electron chi connectivity index (χ1n) is 6.90. The van der Waals surface area contributed by atoms with Crippen LogP contribution in [-0.4, -0.2) is 24.9 Å². The van der Waals surface area contributed by atoms with Crippen molar-refractivity contribution in [2.45, 2.75) is 44.6 Å². The van der Waals surface area contributed by atoms with E-state index in [0.29, 0.717) is 18.4 Å². The van der Waals surface area contributed by atoms with Crippen molar-refractivity contribution in [1.82, 2.24) is 0 Å². The number of hydrogen-bond donors (Lipinski definition) is 0. The molecule has 1 aromatic carbocycles. The Balaban J connectivity index is 1.78. The van der Waals surface area contributed by atoms with Gasteiger partial charge in [0.2, 0.25) is 0 Å². The Morgan fingerprint density at radius 1 is 1.29 bits per heavy atom. The third-order valence-electron chi connectivity index (χ3n) is 3.33. The molecule has 0 spiro atoms. The molecule has 1 unspecified atom stereocenters. The summed E-state index contributed by atoms with van der Waals surface area (Å²) in [5.74, 6) is -0.215. The molecule has 3 nitrogen and oxygen atoms in total. The summed E-state index contributed by atoms with van der Waals surface area (Å²) >= 11 is 0. The Labute approximate surface area is 121 Å². The van der Waals surface area contributed by atoms with Gasteiger partial charge in [0.05, 0.1) is 6.10 Å². The van der Waals surface area contributed by atoms with Crippen molar-refractivity contribution in [3.8, 4) is 5.75 Å². The van der Waals surface area contributed by atoms with E-state index in [1.165, 1.54) is 24.3 Å². The van der Waals surface area contributed by atoms with E-state index < -0.39 is 6.36 Å². The number of alkyl halides is 3. The number of ether oxygens (including phenoxy) is 2. The van der Waals surface area contributed by atoms with Gasteiger partial charge in [-0.05, 0) is 37.0 Å². The van der Waals surface area contributed by atoms with Crippen molar-refractivity contribution in [2.75, 3.05) is 6.61 Å². The number of carbonyl (C=O) groups is 1. The van der Waals surface area contributed by atoms with Crippen LogP contribution in [0.3, 0.4) is 0 Å². The van der Waals surface area contributed by atoms with Gasteiger partial charge >= 0.3 is 6.36 Å². The molecule has 1 aromatic rings. The minimum atomic E-state index is -4.70. The molecule has 1 saturated heterocycles. The second-order valence-corrected chi connectivity index (χ2v) is 5.08. The van der Waals surface area contributed by atoms with Gasteiger partial charge in [0.25, 0.3) is 0 Å². The predicted molar refractivity (Wildman–Crippen MR) is 70.0 cm³/mol. The number of rotatable bonds is 6. The van der Waals surface area contributed by atoms with Crippen molar-refractivity contribution in [2.24, 2.45) is 0 Å². The quantitative estimate of drug-likeness (QED) is 0.804. The third-order valence-corrected chi connectivity index (χ3v) is 3.33. The standard InChI is InChI=1S/C15H17F3O3/c16-15(17,18)21-14-6-3-11(4-7-14)10-12(19)5-8-13-2-1-9-20-13/h3-4,6-7,13H,1-2,5,8-10H2. The first-order valence-corrected chi connectivity index (χ1v) is 6.90. The lowest BCUT2D eigenvalue weighted by atomic mass is 10.0. The van der Waals surface area contributed by atoms with Gasteiger partial charge in [-0.3, -0.25) is 4.79 Å². The molecule has 0 aromatic heterocycles. The topological polar surface area (TPSA) is 35.5 Å². The van der Waals surface area contributed by atoms with Crippen LogP contribution in [0.2, 0.25) is 0 Å². The summed E-state index contributed by atoms with van der Waals surface area (Å²) in [6.45, 7) is 0.763. The maximum atomic E-state index is 12.0. The van der Waals surface area contributed by atoms with Crippen LogP contribution in [0.1, 0.15) is 31.2 Å². The van der Waals surface area contributed by atoms with Gasteiger partial charge in [-0.15, -0.1) is 13.2 Å². The van der Waals surface area contributed by atoms with Crippen molar-refractivity contribution in [3.63, 3.8) is 0 Å². The van der Waals surface area contributed by atoms with Crippen molar-refractivity contribution >= 4 is 5.78 Å². The summed E-state index contributed by atoms with van der Waals surface area (Å²) in [6.07, 6.45) is -1.11. The van der Waals surface area contributed by atoms with E-state index in [1.54, 1.807) is 0 Å². The summed E-state index contributed by atoms with van der Waals surface area (Å²) in [6, 6.07) is 5.39. The van der Waals surface area contributed by atoms with Crippen molar-refractivity contribution < 1.29 is 27.4 Å². The van der Waals surface area contributed by atoms with Crippen LogP contribution in [0, 0.1) is 0 Å². The summed E-state index contributed by atoms with van der Waals surface area (Å²) in [5, 5.41) is 0.